The Labute approximate surface area is 192 Å². The first-order chi connectivity index (χ1) is 15.6. The minimum absolute atomic E-state index is 0.0195. The van der Waals surface area contributed by atoms with E-state index in [1.807, 2.05) is 32.9 Å². The van der Waals surface area contributed by atoms with Gasteiger partial charge in [0.15, 0.2) is 6.23 Å². The van der Waals surface area contributed by atoms with E-state index in [-0.39, 0.29) is 29.9 Å². The average molecular weight is 458 g/mol. The van der Waals surface area contributed by atoms with Crippen molar-refractivity contribution in [3.63, 3.8) is 0 Å². The lowest BCUT2D eigenvalue weighted by atomic mass is 9.84. The van der Waals surface area contributed by atoms with Crippen LogP contribution in [0.2, 0.25) is 0 Å². The fourth-order valence-corrected chi connectivity index (χ4v) is 4.89. The Morgan fingerprint density at radius 2 is 1.70 bits per heavy atom. The van der Waals surface area contributed by atoms with E-state index in [0.717, 1.165) is 48.3 Å². The van der Waals surface area contributed by atoms with Gasteiger partial charge < -0.3 is 14.7 Å². The van der Waals surface area contributed by atoms with Gasteiger partial charge in [0.1, 0.15) is 17.2 Å². The van der Waals surface area contributed by atoms with Gasteiger partial charge >= 0.3 is 5.97 Å². The van der Waals surface area contributed by atoms with Gasteiger partial charge in [0.05, 0.1) is 17.0 Å². The second-order valence-corrected chi connectivity index (χ2v) is 9.92. The van der Waals surface area contributed by atoms with Crippen LogP contribution in [-0.2, 0) is 16.1 Å². The Kier molecular flexibility index (Phi) is 6.27. The third-order valence-electron chi connectivity index (χ3n) is 6.39. The molecule has 4 rings (SSSR count). The minimum atomic E-state index is -1.56. The first-order valence-electron chi connectivity index (χ1n) is 11.4. The van der Waals surface area contributed by atoms with Gasteiger partial charge in [-0.05, 0) is 62.8 Å². The molecule has 176 valence electrons. The Balaban J connectivity index is 1.55. The average Bonchev–Trinajstić information content (AvgIpc) is 3.34. The number of fused-ring (bicyclic) bond motifs is 1. The lowest BCUT2D eigenvalue weighted by Crippen LogP contribution is -2.30. The van der Waals surface area contributed by atoms with Gasteiger partial charge in [-0.2, -0.15) is 0 Å². The Bertz CT molecular complexity index is 1060. The molecule has 1 fully saturated rings. The summed E-state index contributed by atoms with van der Waals surface area (Å²) in [6, 6.07) is 9.02. The van der Waals surface area contributed by atoms with E-state index in [4.69, 9.17) is 4.74 Å². The molecule has 0 spiro atoms. The van der Waals surface area contributed by atoms with Crippen LogP contribution in [0.5, 0.6) is 0 Å². The number of carbonyl (C=O) groups is 2. The maximum Gasteiger partial charge on any atom is 0.314 e. The maximum absolute atomic E-state index is 14.1. The van der Waals surface area contributed by atoms with Crippen molar-refractivity contribution in [3.05, 3.63) is 70.3 Å². The van der Waals surface area contributed by atoms with Gasteiger partial charge in [0.25, 0.3) is 5.91 Å². The zero-order valence-electron chi connectivity index (χ0n) is 19.1. The molecule has 2 atom stereocenters. The first-order valence-corrected chi connectivity index (χ1v) is 11.4. The molecule has 1 amide bonds. The highest BCUT2D eigenvalue weighted by atomic mass is 19.1. The topological polar surface area (TPSA) is 66.8 Å². The van der Waals surface area contributed by atoms with Gasteiger partial charge in [-0.25, -0.2) is 8.78 Å². The number of benzene rings is 2. The summed E-state index contributed by atoms with van der Waals surface area (Å²) in [7, 11) is 0. The molecule has 33 heavy (non-hydrogen) atoms. The molecule has 7 heteroatoms. The maximum atomic E-state index is 14.1. The molecule has 0 bridgehead atoms. The monoisotopic (exact) mass is 457 g/mol. The van der Waals surface area contributed by atoms with Crippen LogP contribution in [0.1, 0.15) is 85.6 Å². The number of ether oxygens (including phenoxy) is 1. The largest absolute Gasteiger partial charge is 0.459 e. The van der Waals surface area contributed by atoms with Crippen LogP contribution in [0, 0.1) is 17.6 Å². The molecule has 2 unspecified atom stereocenters. The summed E-state index contributed by atoms with van der Waals surface area (Å²) in [4.78, 5) is 26.7. The van der Waals surface area contributed by atoms with Crippen molar-refractivity contribution in [1.82, 2.24) is 4.90 Å². The minimum Gasteiger partial charge on any atom is -0.459 e. The quantitative estimate of drug-likeness (QED) is 0.625. The molecular weight excluding hydrogens is 428 g/mol. The molecule has 2 aromatic rings. The van der Waals surface area contributed by atoms with Crippen LogP contribution in [0.25, 0.3) is 0 Å². The van der Waals surface area contributed by atoms with Crippen LogP contribution in [0.4, 0.5) is 8.78 Å². The highest BCUT2D eigenvalue weighted by Gasteiger charge is 2.40. The summed E-state index contributed by atoms with van der Waals surface area (Å²) in [5.41, 5.74) is 0.176. The molecule has 2 aromatic carbocycles. The predicted molar refractivity (Wildman–Crippen MR) is 118 cm³/mol. The molecule has 0 aromatic heterocycles. The third kappa shape index (κ3) is 4.64. The molecule has 1 N–H and O–H groups in total. The van der Waals surface area contributed by atoms with Crippen LogP contribution in [0.3, 0.4) is 0 Å². The van der Waals surface area contributed by atoms with E-state index in [0.29, 0.717) is 5.56 Å². The number of halogens is 2. The van der Waals surface area contributed by atoms with E-state index >= 15 is 0 Å². The smallest absolute Gasteiger partial charge is 0.314 e. The van der Waals surface area contributed by atoms with Crippen molar-refractivity contribution in [3.8, 4) is 0 Å². The molecule has 1 aliphatic carbocycles. The van der Waals surface area contributed by atoms with Crippen LogP contribution in [-0.4, -0.2) is 27.5 Å². The highest BCUT2D eigenvalue weighted by Crippen LogP contribution is 2.40. The second-order valence-electron chi connectivity index (χ2n) is 9.92. The van der Waals surface area contributed by atoms with Crippen molar-refractivity contribution < 1.29 is 28.2 Å². The SMILES string of the molecule is CC(C)(C)OC(=O)C(c1ccc(CN2C(=O)c3c(F)ccc(F)c3C2O)cc1)C1CCCC1. The number of carbonyl (C=O) groups excluding carboxylic acids is 2. The van der Waals surface area contributed by atoms with Gasteiger partial charge in [0.2, 0.25) is 0 Å². The van der Waals surface area contributed by atoms with Gasteiger partial charge in [-0.15, -0.1) is 0 Å². The summed E-state index contributed by atoms with van der Waals surface area (Å²) in [5, 5.41) is 10.5. The van der Waals surface area contributed by atoms with E-state index in [1.54, 1.807) is 12.1 Å². The molecule has 0 radical (unpaired) electrons. The molecule has 2 aliphatic rings. The number of hydrogen-bond acceptors (Lipinski definition) is 4. The Morgan fingerprint density at radius 3 is 2.27 bits per heavy atom. The van der Waals surface area contributed by atoms with Crippen molar-refractivity contribution in [2.75, 3.05) is 0 Å². The lowest BCUT2D eigenvalue weighted by molar-refractivity contribution is -0.158. The number of rotatable bonds is 5. The number of esters is 1. The van der Waals surface area contributed by atoms with Gasteiger partial charge in [-0.3, -0.25) is 9.59 Å². The lowest BCUT2D eigenvalue weighted by Gasteiger charge is -2.28. The predicted octanol–water partition coefficient (Wildman–Crippen LogP) is 5.23. The number of hydrogen-bond donors (Lipinski definition) is 1. The molecule has 5 nitrogen and oxygen atoms in total. The molecular formula is C26H29F2NO4. The summed E-state index contributed by atoms with van der Waals surface area (Å²) in [5.74, 6) is -2.82. The van der Waals surface area contributed by atoms with Gasteiger partial charge in [-0.1, -0.05) is 37.1 Å². The number of nitrogens with zero attached hydrogens (tertiary/aromatic N) is 1. The summed E-state index contributed by atoms with van der Waals surface area (Å²) in [6.45, 7) is 5.53. The summed E-state index contributed by atoms with van der Waals surface area (Å²) < 4.78 is 34.0. The third-order valence-corrected chi connectivity index (χ3v) is 6.39. The summed E-state index contributed by atoms with van der Waals surface area (Å²) >= 11 is 0. The highest BCUT2D eigenvalue weighted by molar-refractivity contribution is 5.99. The summed E-state index contributed by atoms with van der Waals surface area (Å²) in [6.07, 6.45) is 2.55. The number of amides is 1. The van der Waals surface area contributed by atoms with Crippen molar-refractivity contribution in [1.29, 1.82) is 0 Å². The van der Waals surface area contributed by atoms with E-state index in [2.05, 4.69) is 0 Å². The van der Waals surface area contributed by atoms with Crippen molar-refractivity contribution in [2.45, 2.75) is 70.7 Å². The number of aliphatic hydroxyl groups excluding tert-OH is 1. The van der Waals surface area contributed by atoms with Crippen molar-refractivity contribution in [2.24, 2.45) is 5.92 Å². The second kappa shape index (κ2) is 8.86. The van der Waals surface area contributed by atoms with Crippen LogP contribution >= 0.6 is 0 Å². The fourth-order valence-electron chi connectivity index (χ4n) is 4.89. The van der Waals surface area contributed by atoms with E-state index in [1.165, 1.54) is 0 Å². The van der Waals surface area contributed by atoms with Crippen molar-refractivity contribution >= 4 is 11.9 Å². The zero-order valence-corrected chi connectivity index (χ0v) is 19.1. The normalized spacial score (nSPS) is 19.6. The van der Waals surface area contributed by atoms with E-state index in [9.17, 15) is 23.5 Å². The Hall–Kier alpha value is -2.80. The van der Waals surface area contributed by atoms with Crippen LogP contribution in [0.15, 0.2) is 36.4 Å². The zero-order chi connectivity index (χ0) is 23.9. The first kappa shape index (κ1) is 23.4. The van der Waals surface area contributed by atoms with Crippen LogP contribution < -0.4 is 0 Å². The Morgan fingerprint density at radius 1 is 1.09 bits per heavy atom. The van der Waals surface area contributed by atoms with Gasteiger partial charge in [0, 0.05) is 6.54 Å². The fraction of sp³-hybridized carbons (Fsp3) is 0.462. The van der Waals surface area contributed by atoms with E-state index < -0.39 is 34.9 Å². The molecule has 0 saturated heterocycles. The molecule has 1 saturated carbocycles. The molecule has 1 heterocycles. The standard InChI is InChI=1S/C26H29F2NO4/c1-26(2,3)33-25(32)20(16-6-4-5-7-16)17-10-8-15(9-11-17)14-29-23(30)21-18(27)12-13-19(28)22(21)24(29)31/h8-13,16,20,23,30H,4-7,14H2,1-3H3. The number of aliphatic hydroxyl groups is 1. The molecule has 1 aliphatic heterocycles.